The van der Waals surface area contributed by atoms with Crippen LogP contribution >= 0.6 is 0 Å². The van der Waals surface area contributed by atoms with Gasteiger partial charge in [-0.1, -0.05) is 41.9 Å². The molecule has 0 spiro atoms. The van der Waals surface area contributed by atoms with E-state index in [1.54, 1.807) is 0 Å². The fourth-order valence-electron chi connectivity index (χ4n) is 6.27. The van der Waals surface area contributed by atoms with Gasteiger partial charge in [-0.25, -0.2) is 0 Å². The Hall–Kier alpha value is -2.59. The van der Waals surface area contributed by atoms with Gasteiger partial charge in [-0.15, -0.1) is 0 Å². The lowest BCUT2D eigenvalue weighted by Gasteiger charge is -2.32. The maximum absolute atomic E-state index is 13.6. The molecule has 11 heteroatoms. The number of rotatable bonds is 10. The molecule has 0 radical (unpaired) electrons. The average molecular weight is 511 g/mol. The lowest BCUT2D eigenvalue weighted by Crippen LogP contribution is -2.45. The number of primary amides is 1. The number of carbonyl (C=O) groups is 2. The first-order chi connectivity index (χ1) is 17.5. The van der Waals surface area contributed by atoms with Gasteiger partial charge in [-0.05, 0) is 75.7 Å². The number of hydrogen-bond acceptors (Lipinski definition) is 7. The van der Waals surface area contributed by atoms with E-state index in [1.165, 1.54) is 0 Å². The van der Waals surface area contributed by atoms with Crippen molar-refractivity contribution >= 4 is 19.0 Å². The van der Waals surface area contributed by atoms with Gasteiger partial charge in [0.1, 0.15) is 12.1 Å². The fraction of sp³-hybridized carbons (Fsp3) is 0.692. The summed E-state index contributed by atoms with van der Waals surface area (Å²) in [4.78, 5) is 30.3. The molecule has 3 aliphatic rings. The number of carbonyl (C=O) groups excluding carboxylic acids is 2. The number of azide groups is 1. The average Bonchev–Trinajstić information content (AvgIpc) is 3.39. The first-order valence-electron chi connectivity index (χ1n) is 13.1. The van der Waals surface area contributed by atoms with Gasteiger partial charge in [0, 0.05) is 18.0 Å². The Balaban J connectivity index is 1.51. The van der Waals surface area contributed by atoms with Crippen LogP contribution in [0.5, 0.6) is 0 Å². The number of hydrogen-bond donors (Lipinski definition) is 1. The monoisotopic (exact) mass is 511 g/mol. The van der Waals surface area contributed by atoms with Crippen molar-refractivity contribution in [2.75, 3.05) is 19.6 Å². The number of benzene rings is 1. The number of likely N-dealkylation sites (tertiary alicyclic amines) is 1. The lowest BCUT2D eigenvalue weighted by atomic mass is 9.75. The topological polar surface area (TPSA) is 140 Å². The zero-order chi connectivity index (χ0) is 26.8. The summed E-state index contributed by atoms with van der Waals surface area (Å²) in [5.41, 5.74) is 13.7. The van der Waals surface area contributed by atoms with Crippen molar-refractivity contribution in [3.8, 4) is 0 Å². The Bertz CT molecular complexity index is 1030. The molecule has 1 saturated carbocycles. The highest BCUT2D eigenvalue weighted by atomic mass is 16.7. The van der Waals surface area contributed by atoms with Crippen LogP contribution in [0.1, 0.15) is 52.5 Å². The summed E-state index contributed by atoms with van der Waals surface area (Å²) in [5, 5.41) is 4.15. The summed E-state index contributed by atoms with van der Waals surface area (Å²) in [5.74, 6) is -0.883. The molecule has 4 unspecified atom stereocenters. The predicted octanol–water partition coefficient (Wildman–Crippen LogP) is 3.70. The highest BCUT2D eigenvalue weighted by Crippen LogP contribution is 2.53. The van der Waals surface area contributed by atoms with E-state index in [0.717, 1.165) is 12.0 Å². The number of esters is 1. The van der Waals surface area contributed by atoms with E-state index >= 15 is 0 Å². The van der Waals surface area contributed by atoms with Crippen LogP contribution in [0.15, 0.2) is 35.4 Å². The minimum atomic E-state index is -1.28. The molecular formula is C26H38BN5O5. The molecule has 0 aromatic heterocycles. The van der Waals surface area contributed by atoms with E-state index < -0.39 is 22.7 Å². The van der Waals surface area contributed by atoms with Crippen LogP contribution in [0, 0.1) is 17.8 Å². The van der Waals surface area contributed by atoms with Crippen LogP contribution in [0.2, 0.25) is 6.32 Å². The molecule has 1 aliphatic carbocycles. The van der Waals surface area contributed by atoms with Crippen LogP contribution in [-0.2, 0) is 30.2 Å². The number of nitrogens with zero attached hydrogens (tertiary/aromatic N) is 4. The van der Waals surface area contributed by atoms with E-state index in [4.69, 9.17) is 19.8 Å². The van der Waals surface area contributed by atoms with Crippen LogP contribution < -0.4 is 5.73 Å². The summed E-state index contributed by atoms with van der Waals surface area (Å²) in [6.07, 6.45) is 2.44. The molecule has 2 N–H and O–H groups in total. The molecule has 1 aromatic carbocycles. The van der Waals surface area contributed by atoms with Gasteiger partial charge in [0.15, 0.2) is 0 Å². The van der Waals surface area contributed by atoms with Crippen molar-refractivity contribution in [1.29, 1.82) is 0 Å². The van der Waals surface area contributed by atoms with Crippen LogP contribution in [0.3, 0.4) is 0 Å². The van der Waals surface area contributed by atoms with Crippen LogP contribution in [-0.4, -0.2) is 60.3 Å². The van der Waals surface area contributed by atoms with E-state index in [1.807, 2.05) is 62.9 Å². The lowest BCUT2D eigenvalue weighted by molar-refractivity contribution is -0.153. The fourth-order valence-corrected chi connectivity index (χ4v) is 6.27. The Kier molecular flexibility index (Phi) is 7.90. The largest absolute Gasteiger partial charge is 0.460 e. The van der Waals surface area contributed by atoms with E-state index in [9.17, 15) is 15.1 Å². The molecule has 37 heavy (non-hydrogen) atoms. The minimum Gasteiger partial charge on any atom is -0.460 e. The van der Waals surface area contributed by atoms with Gasteiger partial charge in [-0.2, -0.15) is 0 Å². The summed E-state index contributed by atoms with van der Waals surface area (Å²) in [7, 11) is -0.337. The summed E-state index contributed by atoms with van der Waals surface area (Å²) in [6.45, 7) is 9.66. The molecule has 0 bridgehead atoms. The second-order valence-corrected chi connectivity index (χ2v) is 11.7. The van der Waals surface area contributed by atoms with Crippen molar-refractivity contribution in [3.05, 3.63) is 46.3 Å². The predicted molar refractivity (Wildman–Crippen MR) is 139 cm³/mol. The Labute approximate surface area is 219 Å². The van der Waals surface area contributed by atoms with Gasteiger partial charge in [-0.3, -0.25) is 14.5 Å². The van der Waals surface area contributed by atoms with Gasteiger partial charge < -0.3 is 19.8 Å². The third-order valence-corrected chi connectivity index (χ3v) is 8.70. The normalized spacial score (nSPS) is 30.1. The zero-order valence-electron chi connectivity index (χ0n) is 22.3. The molecule has 200 valence electrons. The number of nitrogens with two attached hydrogens (primary N) is 1. The molecular weight excluding hydrogens is 473 g/mol. The molecule has 2 saturated heterocycles. The zero-order valence-corrected chi connectivity index (χ0v) is 22.3. The van der Waals surface area contributed by atoms with E-state index in [0.29, 0.717) is 32.3 Å². The quantitative estimate of drug-likeness (QED) is 0.167. The Morgan fingerprint density at radius 1 is 1.19 bits per heavy atom. The van der Waals surface area contributed by atoms with Crippen molar-refractivity contribution in [2.45, 2.75) is 76.6 Å². The molecule has 2 aliphatic heterocycles. The maximum atomic E-state index is 13.6. The molecule has 4 atom stereocenters. The molecule has 4 rings (SSSR count). The van der Waals surface area contributed by atoms with Gasteiger partial charge in [0.2, 0.25) is 5.91 Å². The first-order valence-corrected chi connectivity index (χ1v) is 13.1. The van der Waals surface area contributed by atoms with E-state index in [2.05, 4.69) is 10.0 Å². The van der Waals surface area contributed by atoms with Gasteiger partial charge in [0.05, 0.1) is 17.7 Å². The second-order valence-electron chi connectivity index (χ2n) is 11.7. The van der Waals surface area contributed by atoms with Crippen LogP contribution in [0.4, 0.5) is 0 Å². The molecule has 10 nitrogen and oxygen atoms in total. The SMILES string of the molecule is CC1(C)OB(CCCC2C3CN(CC(N)=O)CC3CC2(N=[N+]=[N-])C(=O)OCc2ccccc2)OC1(C)C. The van der Waals surface area contributed by atoms with E-state index in [-0.39, 0.29) is 43.9 Å². The summed E-state index contributed by atoms with van der Waals surface area (Å²) < 4.78 is 18.1. The standard InChI is InChI=1S/C26H38BN5O5/c1-24(2)25(3,4)37-27(36-24)12-8-11-21-20-15-32(16-22(28)33)14-19(20)13-26(21,30-31-29)23(34)35-17-18-9-6-5-7-10-18/h5-7,9-10,19-21H,8,11-17H2,1-4H3,(H2,28,33). The van der Waals surface area contributed by atoms with Gasteiger partial charge >= 0.3 is 13.1 Å². The molecule has 1 aromatic rings. The smallest absolute Gasteiger partial charge is 0.457 e. The Morgan fingerprint density at radius 2 is 1.86 bits per heavy atom. The Morgan fingerprint density at radius 3 is 2.49 bits per heavy atom. The van der Waals surface area contributed by atoms with Crippen molar-refractivity contribution < 1.29 is 23.6 Å². The highest BCUT2D eigenvalue weighted by Gasteiger charge is 2.60. The minimum absolute atomic E-state index is 0.0902. The molecule has 2 heterocycles. The molecule has 1 amide bonds. The number of amides is 1. The molecule has 3 fully saturated rings. The van der Waals surface area contributed by atoms with Crippen LogP contribution in [0.25, 0.3) is 10.4 Å². The second kappa shape index (κ2) is 10.7. The summed E-state index contributed by atoms with van der Waals surface area (Å²) in [6, 6.07) is 9.45. The van der Waals surface area contributed by atoms with Crippen molar-refractivity contribution in [2.24, 2.45) is 28.6 Å². The number of fused-ring (bicyclic) bond motifs is 1. The van der Waals surface area contributed by atoms with Crippen molar-refractivity contribution in [1.82, 2.24) is 4.90 Å². The summed E-state index contributed by atoms with van der Waals surface area (Å²) >= 11 is 0. The first kappa shape index (κ1) is 27.4. The number of ether oxygens (including phenoxy) is 1. The highest BCUT2D eigenvalue weighted by molar-refractivity contribution is 6.45. The maximum Gasteiger partial charge on any atom is 0.457 e. The third kappa shape index (κ3) is 5.65. The van der Waals surface area contributed by atoms with Gasteiger partial charge in [0.25, 0.3) is 0 Å². The third-order valence-electron chi connectivity index (χ3n) is 8.70. The van der Waals surface area contributed by atoms with Crippen molar-refractivity contribution in [3.63, 3.8) is 0 Å².